The zero-order chi connectivity index (χ0) is 21.7. The number of hydrogen-bond donors (Lipinski definition) is 3. The Bertz CT molecular complexity index is 932. The Labute approximate surface area is 175 Å². The summed E-state index contributed by atoms with van der Waals surface area (Å²) in [4.78, 5) is 39.6. The van der Waals surface area contributed by atoms with Gasteiger partial charge in [0.25, 0.3) is 5.91 Å². The predicted octanol–water partition coefficient (Wildman–Crippen LogP) is 2.75. The maximum atomic E-state index is 13.1. The van der Waals surface area contributed by atoms with Crippen LogP contribution in [0.1, 0.15) is 30.6 Å². The minimum atomic E-state index is -0.726. The molecule has 3 rings (SSSR count). The van der Waals surface area contributed by atoms with Crippen LogP contribution < -0.4 is 26.0 Å². The summed E-state index contributed by atoms with van der Waals surface area (Å²) in [6.45, 7) is 4.53. The third kappa shape index (κ3) is 4.44. The van der Waals surface area contributed by atoms with Crippen LogP contribution in [0.4, 0.5) is 16.2 Å². The molecule has 0 aromatic heterocycles. The van der Waals surface area contributed by atoms with Crippen molar-refractivity contribution in [1.82, 2.24) is 5.32 Å². The first-order valence-electron chi connectivity index (χ1n) is 9.95. The largest absolute Gasteiger partial charge is 0.420 e. The van der Waals surface area contributed by atoms with E-state index in [0.29, 0.717) is 42.2 Å². The van der Waals surface area contributed by atoms with E-state index in [1.54, 1.807) is 42.5 Å². The Morgan fingerprint density at radius 2 is 1.97 bits per heavy atom. The summed E-state index contributed by atoms with van der Waals surface area (Å²) >= 11 is 0. The lowest BCUT2D eigenvalue weighted by Gasteiger charge is -2.38. The summed E-state index contributed by atoms with van der Waals surface area (Å²) in [6, 6.07) is 12.8. The van der Waals surface area contributed by atoms with Crippen molar-refractivity contribution in [2.45, 2.75) is 26.3 Å². The van der Waals surface area contributed by atoms with Crippen molar-refractivity contribution >= 4 is 29.3 Å². The third-order valence-electron chi connectivity index (χ3n) is 5.08. The lowest BCUT2D eigenvalue weighted by molar-refractivity contribution is -0.118. The summed E-state index contributed by atoms with van der Waals surface area (Å²) in [7, 11) is 0. The molecule has 0 radical (unpaired) electrons. The average molecular weight is 410 g/mol. The van der Waals surface area contributed by atoms with E-state index in [1.165, 1.54) is 4.90 Å². The predicted molar refractivity (Wildman–Crippen MR) is 115 cm³/mol. The van der Waals surface area contributed by atoms with Gasteiger partial charge in [-0.15, -0.1) is 0 Å². The van der Waals surface area contributed by atoms with E-state index < -0.39 is 12.1 Å². The highest BCUT2D eigenvalue weighted by Gasteiger charge is 2.41. The van der Waals surface area contributed by atoms with Gasteiger partial charge >= 0.3 is 6.09 Å². The number of nitrogens with one attached hydrogen (secondary N) is 2. The van der Waals surface area contributed by atoms with Crippen LogP contribution in [-0.2, 0) is 4.79 Å². The number of anilines is 2. The van der Waals surface area contributed by atoms with Gasteiger partial charge in [0.15, 0.2) is 0 Å². The molecule has 3 amide bonds. The minimum absolute atomic E-state index is 0.103. The molecular weight excluding hydrogens is 384 g/mol. The van der Waals surface area contributed by atoms with Gasteiger partial charge in [-0.1, -0.05) is 38.5 Å². The number of carbonyl (C=O) groups excluding carboxylic acids is 3. The monoisotopic (exact) mass is 410 g/mol. The van der Waals surface area contributed by atoms with Gasteiger partial charge in [-0.05, 0) is 36.2 Å². The highest BCUT2D eigenvalue weighted by atomic mass is 16.6. The molecule has 1 aliphatic heterocycles. The lowest BCUT2D eigenvalue weighted by Crippen LogP contribution is -2.55. The Hall–Kier alpha value is -3.39. The first-order valence-corrected chi connectivity index (χ1v) is 9.95. The van der Waals surface area contributed by atoms with Crippen LogP contribution in [-0.4, -0.2) is 37.0 Å². The third-order valence-corrected chi connectivity index (χ3v) is 5.08. The molecule has 0 saturated carbocycles. The first kappa shape index (κ1) is 21.3. The van der Waals surface area contributed by atoms with Gasteiger partial charge in [0.05, 0.1) is 11.4 Å². The molecule has 2 unspecified atom stereocenters. The summed E-state index contributed by atoms with van der Waals surface area (Å²) in [5.74, 6) is -0.342. The van der Waals surface area contributed by atoms with Crippen molar-refractivity contribution in [3.8, 4) is 5.75 Å². The fraction of sp³-hybridized carbons (Fsp3) is 0.318. The Balaban J connectivity index is 1.97. The van der Waals surface area contributed by atoms with Crippen molar-refractivity contribution in [1.29, 1.82) is 0 Å². The van der Waals surface area contributed by atoms with Crippen LogP contribution >= 0.6 is 0 Å². The number of amides is 3. The van der Waals surface area contributed by atoms with Gasteiger partial charge in [0, 0.05) is 18.7 Å². The van der Waals surface area contributed by atoms with Gasteiger partial charge < -0.3 is 21.1 Å². The number of benzene rings is 2. The van der Waals surface area contributed by atoms with Crippen molar-refractivity contribution in [3.63, 3.8) is 0 Å². The summed E-state index contributed by atoms with van der Waals surface area (Å²) < 4.78 is 5.53. The smallest absolute Gasteiger partial charge is 0.410 e. The number of nitrogens with two attached hydrogens (primary N) is 1. The molecule has 2 atom stereocenters. The average Bonchev–Trinajstić information content (AvgIpc) is 2.76. The molecule has 0 fully saturated rings. The van der Waals surface area contributed by atoms with Crippen molar-refractivity contribution < 1.29 is 19.1 Å². The quantitative estimate of drug-likeness (QED) is 0.678. The van der Waals surface area contributed by atoms with Gasteiger partial charge in [-0.25, -0.2) is 4.79 Å². The highest BCUT2D eigenvalue weighted by molar-refractivity contribution is 6.12. The molecule has 8 heteroatoms. The molecule has 0 bridgehead atoms. The van der Waals surface area contributed by atoms with E-state index in [0.717, 1.165) is 0 Å². The first-order chi connectivity index (χ1) is 14.5. The lowest BCUT2D eigenvalue weighted by atomic mass is 9.94. The number of fused-ring (bicyclic) bond motifs is 1. The Kier molecular flexibility index (Phi) is 6.68. The molecule has 158 valence electrons. The molecule has 8 nitrogen and oxygen atoms in total. The molecule has 1 heterocycles. The number of ether oxygens (including phenoxy) is 1. The number of hydrogen-bond acceptors (Lipinski definition) is 5. The Morgan fingerprint density at radius 3 is 2.63 bits per heavy atom. The fourth-order valence-corrected chi connectivity index (χ4v) is 3.34. The minimum Gasteiger partial charge on any atom is -0.410 e. The number of nitrogens with zero attached hydrogens (tertiary/aromatic N) is 1. The van der Waals surface area contributed by atoms with E-state index in [-0.39, 0.29) is 17.7 Å². The maximum absolute atomic E-state index is 13.1. The van der Waals surface area contributed by atoms with Gasteiger partial charge in [-0.3, -0.25) is 14.5 Å². The summed E-state index contributed by atoms with van der Waals surface area (Å²) in [6.07, 6.45) is 0.0465. The van der Waals surface area contributed by atoms with E-state index in [2.05, 4.69) is 10.6 Å². The van der Waals surface area contributed by atoms with Crippen molar-refractivity contribution in [2.24, 2.45) is 11.7 Å². The summed E-state index contributed by atoms with van der Waals surface area (Å²) in [5, 5.41) is 5.52. The normalized spacial score (nSPS) is 16.3. The van der Waals surface area contributed by atoms with Crippen LogP contribution in [0.3, 0.4) is 0 Å². The van der Waals surface area contributed by atoms with E-state index in [1.807, 2.05) is 19.9 Å². The van der Waals surface area contributed by atoms with Crippen LogP contribution in [0.15, 0.2) is 48.5 Å². The van der Waals surface area contributed by atoms with Crippen LogP contribution in [0.2, 0.25) is 0 Å². The molecule has 4 N–H and O–H groups in total. The van der Waals surface area contributed by atoms with Gasteiger partial charge in [0.2, 0.25) is 5.91 Å². The highest BCUT2D eigenvalue weighted by Crippen LogP contribution is 2.36. The molecule has 0 aliphatic carbocycles. The zero-order valence-electron chi connectivity index (χ0n) is 17.1. The second-order valence-electron chi connectivity index (χ2n) is 7.15. The molecule has 0 spiro atoms. The zero-order valence-corrected chi connectivity index (χ0v) is 17.1. The molecule has 2 aromatic carbocycles. The number of carbonyl (C=O) groups is 3. The molecular formula is C22H26N4O4. The molecule has 2 aromatic rings. The van der Waals surface area contributed by atoms with Crippen molar-refractivity contribution in [2.75, 3.05) is 23.3 Å². The molecule has 0 saturated heterocycles. The molecule has 30 heavy (non-hydrogen) atoms. The number of rotatable bonds is 6. The van der Waals surface area contributed by atoms with E-state index >= 15 is 0 Å². The molecule has 1 aliphatic rings. The van der Waals surface area contributed by atoms with E-state index in [9.17, 15) is 14.4 Å². The standard InChI is InChI=1S/C22H26N4O4/c1-3-14(2)19-21(28)25-17-13-15(20(27)24-12-11-23)9-10-18(17)26(19)22(29)30-16-7-5-4-6-8-16/h4-10,13-14,19H,3,11-12,23H2,1-2H3,(H,24,27)(H,25,28). The SMILES string of the molecule is CCC(C)C1C(=O)Nc2cc(C(=O)NCCN)ccc2N1C(=O)Oc1ccccc1. The number of para-hydroxylation sites is 1. The van der Waals surface area contributed by atoms with Gasteiger partial charge in [-0.2, -0.15) is 0 Å². The van der Waals surface area contributed by atoms with Gasteiger partial charge in [0.1, 0.15) is 11.8 Å². The second-order valence-corrected chi connectivity index (χ2v) is 7.15. The second kappa shape index (κ2) is 9.41. The summed E-state index contributed by atoms with van der Waals surface area (Å²) in [5.41, 5.74) is 6.65. The van der Waals surface area contributed by atoms with Crippen LogP contribution in [0.5, 0.6) is 5.75 Å². The van der Waals surface area contributed by atoms with Crippen LogP contribution in [0.25, 0.3) is 0 Å². The Morgan fingerprint density at radius 1 is 1.23 bits per heavy atom. The van der Waals surface area contributed by atoms with Crippen molar-refractivity contribution in [3.05, 3.63) is 54.1 Å². The maximum Gasteiger partial charge on any atom is 0.420 e. The topological polar surface area (TPSA) is 114 Å². The van der Waals surface area contributed by atoms with E-state index in [4.69, 9.17) is 10.5 Å². The van der Waals surface area contributed by atoms with Crippen LogP contribution in [0, 0.1) is 5.92 Å². The fourth-order valence-electron chi connectivity index (χ4n) is 3.34.